The number of aromatic nitrogens is 1. The summed E-state index contributed by atoms with van der Waals surface area (Å²) >= 11 is 0. The third-order valence-corrected chi connectivity index (χ3v) is 2.96. The number of carbonyl (C=O) groups excluding carboxylic acids is 1. The Morgan fingerprint density at radius 1 is 1.24 bits per heavy atom. The van der Waals surface area contributed by atoms with Crippen LogP contribution in [0, 0.1) is 0 Å². The normalized spacial score (nSPS) is 11.2. The molecular formula is C16H18N2O3. The van der Waals surface area contributed by atoms with Gasteiger partial charge < -0.3 is 15.6 Å². The van der Waals surface area contributed by atoms with E-state index in [0.717, 1.165) is 0 Å². The van der Waals surface area contributed by atoms with Crippen LogP contribution in [0.4, 0.5) is 0 Å². The predicted molar refractivity (Wildman–Crippen MR) is 78.8 cm³/mol. The van der Waals surface area contributed by atoms with Crippen molar-refractivity contribution in [3.05, 3.63) is 59.4 Å². The highest BCUT2D eigenvalue weighted by Crippen LogP contribution is 2.18. The Bertz CT molecular complexity index is 631. The molecule has 3 N–H and O–H groups in total. The van der Waals surface area contributed by atoms with E-state index in [0.29, 0.717) is 22.7 Å². The summed E-state index contributed by atoms with van der Waals surface area (Å²) in [7, 11) is 0. The molecule has 21 heavy (non-hydrogen) atoms. The second-order valence-corrected chi connectivity index (χ2v) is 5.25. The second-order valence-electron chi connectivity index (χ2n) is 5.25. The molecule has 0 saturated carbocycles. The lowest BCUT2D eigenvalue weighted by Gasteiger charge is -2.17. The van der Waals surface area contributed by atoms with Crippen molar-refractivity contribution in [3.63, 3.8) is 0 Å². The molecule has 0 aliphatic rings. The molecule has 1 heterocycles. The summed E-state index contributed by atoms with van der Waals surface area (Å²) in [6.07, 6.45) is 0. The summed E-state index contributed by atoms with van der Waals surface area (Å²) in [6.45, 7) is 3.64. The van der Waals surface area contributed by atoms with E-state index in [-0.39, 0.29) is 6.61 Å². The molecule has 1 amide bonds. The minimum absolute atomic E-state index is 0.278. The van der Waals surface area contributed by atoms with Crippen molar-refractivity contribution in [2.45, 2.75) is 26.1 Å². The maximum absolute atomic E-state index is 11.0. The number of carbonyl (C=O) groups is 1. The molecule has 5 heteroatoms. The third-order valence-electron chi connectivity index (χ3n) is 2.96. The molecule has 0 unspecified atom stereocenters. The number of nitrogens with zero attached hydrogens (tertiary/aromatic N) is 1. The van der Waals surface area contributed by atoms with E-state index >= 15 is 0 Å². The summed E-state index contributed by atoms with van der Waals surface area (Å²) in [4.78, 5) is 15.3. The van der Waals surface area contributed by atoms with Gasteiger partial charge in [-0.1, -0.05) is 6.07 Å². The Balaban J connectivity index is 2.04. The van der Waals surface area contributed by atoms with Crippen LogP contribution in [0.5, 0.6) is 5.75 Å². The lowest BCUT2D eigenvalue weighted by Crippen LogP contribution is -2.18. The molecule has 2 rings (SSSR count). The Morgan fingerprint density at radius 3 is 2.48 bits per heavy atom. The molecule has 0 aliphatic heterocycles. The van der Waals surface area contributed by atoms with Gasteiger partial charge in [0.05, 0.1) is 11.4 Å². The first-order chi connectivity index (χ1) is 9.86. The van der Waals surface area contributed by atoms with Gasteiger partial charge >= 0.3 is 0 Å². The minimum Gasteiger partial charge on any atom is -0.487 e. The van der Waals surface area contributed by atoms with Gasteiger partial charge in [0.15, 0.2) is 0 Å². The fourth-order valence-electron chi connectivity index (χ4n) is 1.77. The first-order valence-electron chi connectivity index (χ1n) is 6.58. The SMILES string of the molecule is CC(C)(O)c1cccc(COc2ccc(C(N)=O)cc2)n1. The number of hydrogen-bond donors (Lipinski definition) is 2. The third kappa shape index (κ3) is 4.03. The van der Waals surface area contributed by atoms with Crippen LogP contribution in [0.25, 0.3) is 0 Å². The van der Waals surface area contributed by atoms with Crippen LogP contribution in [0.2, 0.25) is 0 Å². The molecule has 110 valence electrons. The molecule has 0 radical (unpaired) electrons. The number of benzene rings is 1. The van der Waals surface area contributed by atoms with Gasteiger partial charge in [-0.05, 0) is 50.2 Å². The van der Waals surface area contributed by atoms with E-state index in [1.165, 1.54) is 0 Å². The minimum atomic E-state index is -0.987. The highest BCUT2D eigenvalue weighted by atomic mass is 16.5. The number of pyridine rings is 1. The number of primary amides is 1. The van der Waals surface area contributed by atoms with Crippen LogP contribution in [0.3, 0.4) is 0 Å². The van der Waals surface area contributed by atoms with Gasteiger partial charge in [0.2, 0.25) is 5.91 Å². The van der Waals surface area contributed by atoms with Crippen LogP contribution < -0.4 is 10.5 Å². The average Bonchev–Trinajstić information content (AvgIpc) is 2.45. The zero-order chi connectivity index (χ0) is 15.5. The van der Waals surface area contributed by atoms with Crippen LogP contribution in [-0.2, 0) is 12.2 Å². The Labute approximate surface area is 123 Å². The Hall–Kier alpha value is -2.40. The van der Waals surface area contributed by atoms with Gasteiger partial charge in [-0.2, -0.15) is 0 Å². The van der Waals surface area contributed by atoms with Crippen molar-refractivity contribution in [1.82, 2.24) is 4.98 Å². The number of aliphatic hydroxyl groups is 1. The quantitative estimate of drug-likeness (QED) is 0.880. The average molecular weight is 286 g/mol. The van der Waals surface area contributed by atoms with Gasteiger partial charge in [0.25, 0.3) is 0 Å². The first-order valence-corrected chi connectivity index (χ1v) is 6.58. The topological polar surface area (TPSA) is 85.4 Å². The molecular weight excluding hydrogens is 268 g/mol. The lowest BCUT2D eigenvalue weighted by atomic mass is 10.0. The molecule has 0 aliphatic carbocycles. The zero-order valence-corrected chi connectivity index (χ0v) is 12.0. The molecule has 1 aromatic heterocycles. The molecule has 0 spiro atoms. The highest BCUT2D eigenvalue weighted by molar-refractivity contribution is 5.92. The molecule has 5 nitrogen and oxygen atoms in total. The van der Waals surface area contributed by atoms with Gasteiger partial charge in [0.1, 0.15) is 18.0 Å². The highest BCUT2D eigenvalue weighted by Gasteiger charge is 2.17. The number of hydrogen-bond acceptors (Lipinski definition) is 4. The van der Waals surface area contributed by atoms with E-state index in [1.54, 1.807) is 44.2 Å². The molecule has 0 fully saturated rings. The summed E-state index contributed by atoms with van der Waals surface area (Å²) in [5, 5.41) is 9.93. The first kappa shape index (κ1) is 15.0. The smallest absolute Gasteiger partial charge is 0.248 e. The molecule has 0 atom stereocenters. The maximum Gasteiger partial charge on any atom is 0.248 e. The fourth-order valence-corrected chi connectivity index (χ4v) is 1.77. The Kier molecular flexibility index (Phi) is 4.23. The number of amides is 1. The molecule has 0 bridgehead atoms. The van der Waals surface area contributed by atoms with E-state index in [4.69, 9.17) is 10.5 Å². The van der Waals surface area contributed by atoms with E-state index in [1.807, 2.05) is 12.1 Å². The fraction of sp³-hybridized carbons (Fsp3) is 0.250. The van der Waals surface area contributed by atoms with Crippen molar-refractivity contribution < 1.29 is 14.6 Å². The second kappa shape index (κ2) is 5.93. The van der Waals surface area contributed by atoms with Crippen LogP contribution >= 0.6 is 0 Å². The predicted octanol–water partition coefficient (Wildman–Crippen LogP) is 1.99. The van der Waals surface area contributed by atoms with Crippen molar-refractivity contribution in [3.8, 4) is 5.75 Å². The van der Waals surface area contributed by atoms with Gasteiger partial charge in [-0.25, -0.2) is 0 Å². The van der Waals surface area contributed by atoms with Gasteiger partial charge in [-0.15, -0.1) is 0 Å². The van der Waals surface area contributed by atoms with Crippen molar-refractivity contribution in [2.24, 2.45) is 5.73 Å². The summed E-state index contributed by atoms with van der Waals surface area (Å²) < 4.78 is 5.60. The summed E-state index contributed by atoms with van der Waals surface area (Å²) in [5.74, 6) is 0.150. The summed E-state index contributed by atoms with van der Waals surface area (Å²) in [6, 6.07) is 12.0. The number of nitrogens with two attached hydrogens (primary N) is 1. The van der Waals surface area contributed by atoms with Crippen molar-refractivity contribution in [2.75, 3.05) is 0 Å². The molecule has 0 saturated heterocycles. The van der Waals surface area contributed by atoms with Crippen molar-refractivity contribution in [1.29, 1.82) is 0 Å². The Morgan fingerprint density at radius 2 is 1.90 bits per heavy atom. The molecule has 2 aromatic rings. The zero-order valence-electron chi connectivity index (χ0n) is 12.0. The van der Waals surface area contributed by atoms with Gasteiger partial charge in [0, 0.05) is 5.56 Å². The largest absolute Gasteiger partial charge is 0.487 e. The molecule has 1 aromatic carbocycles. The monoisotopic (exact) mass is 286 g/mol. The lowest BCUT2D eigenvalue weighted by molar-refractivity contribution is 0.0734. The van der Waals surface area contributed by atoms with E-state index < -0.39 is 11.5 Å². The van der Waals surface area contributed by atoms with Crippen molar-refractivity contribution >= 4 is 5.91 Å². The maximum atomic E-state index is 11.0. The number of ether oxygens (including phenoxy) is 1. The number of rotatable bonds is 5. The summed E-state index contributed by atoms with van der Waals surface area (Å²) in [5.41, 5.74) is 5.93. The van der Waals surface area contributed by atoms with E-state index in [2.05, 4.69) is 4.98 Å². The van der Waals surface area contributed by atoms with Gasteiger partial charge in [-0.3, -0.25) is 9.78 Å². The van der Waals surface area contributed by atoms with Crippen LogP contribution in [0.15, 0.2) is 42.5 Å². The van der Waals surface area contributed by atoms with E-state index in [9.17, 15) is 9.90 Å². The van der Waals surface area contributed by atoms with Crippen LogP contribution in [-0.4, -0.2) is 16.0 Å². The standard InChI is InChI=1S/C16H18N2O3/c1-16(2,20)14-5-3-4-12(18-14)10-21-13-8-6-11(7-9-13)15(17)19/h3-9,20H,10H2,1-2H3,(H2,17,19). The van der Waals surface area contributed by atoms with Crippen LogP contribution in [0.1, 0.15) is 35.6 Å².